The van der Waals surface area contributed by atoms with Crippen molar-refractivity contribution in [3.63, 3.8) is 0 Å². The maximum absolute atomic E-state index is 2.34. The van der Waals surface area contributed by atoms with E-state index in [4.69, 9.17) is 0 Å². The van der Waals surface area contributed by atoms with Gasteiger partial charge in [-0.3, -0.25) is 0 Å². The molecule has 0 bridgehead atoms. The molecule has 0 N–H and O–H groups in total. The second kappa shape index (κ2) is 16.4. The van der Waals surface area contributed by atoms with Crippen LogP contribution in [0.2, 0.25) is 0 Å². The summed E-state index contributed by atoms with van der Waals surface area (Å²) in [4.78, 5) is 0. The minimum absolute atomic E-state index is 0.765. The predicted octanol–water partition coefficient (Wildman–Crippen LogP) is 6.35. The molecule has 0 rings (SSSR count). The molecule has 0 heterocycles. The van der Waals surface area contributed by atoms with Gasteiger partial charge in [0, 0.05) is 0 Å². The van der Waals surface area contributed by atoms with E-state index < -0.39 is 0 Å². The Bertz CT molecular complexity index is 142. The lowest BCUT2D eigenvalue weighted by Gasteiger charge is -2.09. The first-order valence-electron chi connectivity index (χ1n) is 8.99. The summed E-state index contributed by atoms with van der Waals surface area (Å²) in [6, 6.07) is 0. The third-order valence-electron chi connectivity index (χ3n) is 3.86. The fourth-order valence-electron chi connectivity index (χ4n) is 2.47. The van der Waals surface area contributed by atoms with Crippen LogP contribution >= 0.6 is 0 Å². The Morgan fingerprint density at radius 2 is 0.789 bits per heavy atom. The first-order chi connectivity index (χ1) is 9.35. The summed E-state index contributed by atoms with van der Waals surface area (Å²) < 4.78 is 0. The summed E-state index contributed by atoms with van der Waals surface area (Å²) in [5, 5.41) is 0. The van der Waals surface area contributed by atoms with Crippen molar-refractivity contribution < 1.29 is 0 Å². The monoisotopic (exact) mass is 287 g/mol. The van der Waals surface area contributed by atoms with Crippen molar-refractivity contribution in [1.82, 2.24) is 0 Å². The highest BCUT2D eigenvalue weighted by Gasteiger charge is 2.16. The van der Waals surface area contributed by atoms with Crippen LogP contribution in [0.25, 0.3) is 0 Å². The molecule has 0 aromatic carbocycles. The molecule has 0 fully saturated rings. The molecule has 0 aliphatic carbocycles. The van der Waals surface area contributed by atoms with Crippen molar-refractivity contribution in [3.8, 4) is 0 Å². The molecular formula is C18H39S+. The van der Waals surface area contributed by atoms with E-state index >= 15 is 0 Å². The molecule has 0 unspecified atom stereocenters. The summed E-state index contributed by atoms with van der Waals surface area (Å²) in [6.45, 7) is 6.95. The van der Waals surface area contributed by atoms with E-state index in [0.717, 1.165) is 10.9 Å². The summed E-state index contributed by atoms with van der Waals surface area (Å²) in [5.41, 5.74) is 0. The smallest absolute Gasteiger partial charge is 0.0654 e. The fraction of sp³-hybridized carbons (Fsp3) is 1.00. The van der Waals surface area contributed by atoms with Crippen molar-refractivity contribution in [3.05, 3.63) is 0 Å². The lowest BCUT2D eigenvalue weighted by atomic mass is 10.2. The molecule has 0 saturated heterocycles. The maximum Gasteiger partial charge on any atom is 0.108 e. The van der Waals surface area contributed by atoms with Crippen LogP contribution in [0, 0.1) is 0 Å². The molecule has 0 atom stereocenters. The number of hydrogen-bond acceptors (Lipinski definition) is 0. The molecule has 0 aliphatic heterocycles. The quantitative estimate of drug-likeness (QED) is 0.243. The average Bonchev–Trinajstić information content (AvgIpc) is 2.43. The molecular weight excluding hydrogens is 248 g/mol. The summed E-state index contributed by atoms with van der Waals surface area (Å²) >= 11 is 0. The Labute approximate surface area is 126 Å². The van der Waals surface area contributed by atoms with Crippen LogP contribution in [0.15, 0.2) is 0 Å². The van der Waals surface area contributed by atoms with Gasteiger partial charge in [-0.05, 0) is 43.0 Å². The Kier molecular flexibility index (Phi) is 16.7. The van der Waals surface area contributed by atoms with Gasteiger partial charge in [0.25, 0.3) is 0 Å². The van der Waals surface area contributed by atoms with E-state index in [2.05, 4.69) is 20.8 Å². The molecule has 19 heavy (non-hydrogen) atoms. The molecule has 116 valence electrons. The largest absolute Gasteiger partial charge is 0.108 e. The molecule has 0 nitrogen and oxygen atoms in total. The highest BCUT2D eigenvalue weighted by molar-refractivity contribution is 7.96. The molecule has 0 aromatic rings. The molecule has 0 radical (unpaired) electrons. The second-order valence-electron chi connectivity index (χ2n) is 5.91. The van der Waals surface area contributed by atoms with Crippen molar-refractivity contribution in [2.45, 2.75) is 97.8 Å². The first-order valence-corrected chi connectivity index (χ1v) is 10.7. The molecule has 0 amide bonds. The van der Waals surface area contributed by atoms with Crippen LogP contribution < -0.4 is 0 Å². The van der Waals surface area contributed by atoms with E-state index in [1.165, 1.54) is 94.3 Å². The number of rotatable bonds is 15. The lowest BCUT2D eigenvalue weighted by molar-refractivity contribution is 0.653. The number of unbranched alkanes of at least 4 members (excludes halogenated alkanes) is 9. The molecule has 0 aromatic heterocycles. The summed E-state index contributed by atoms with van der Waals surface area (Å²) in [7, 11) is 0.765. The normalized spacial score (nSPS) is 11.4. The SMILES string of the molecule is CCCCCCC[S+](CCCC)CCCCCCC. The second-order valence-corrected chi connectivity index (χ2v) is 8.36. The molecule has 0 saturated carbocycles. The van der Waals surface area contributed by atoms with Crippen LogP contribution in [0.5, 0.6) is 0 Å². The topological polar surface area (TPSA) is 0 Å². The minimum atomic E-state index is 0.765. The highest BCUT2D eigenvalue weighted by Crippen LogP contribution is 2.12. The van der Waals surface area contributed by atoms with Gasteiger partial charge in [0.2, 0.25) is 0 Å². The van der Waals surface area contributed by atoms with Crippen molar-refractivity contribution in [2.24, 2.45) is 0 Å². The summed E-state index contributed by atoms with van der Waals surface area (Å²) in [6.07, 6.45) is 17.4. The molecule has 0 aliphatic rings. The zero-order valence-corrected chi connectivity index (χ0v) is 14.8. The Balaban J connectivity index is 3.57. The highest BCUT2D eigenvalue weighted by atomic mass is 32.2. The van der Waals surface area contributed by atoms with Gasteiger partial charge in [-0.2, -0.15) is 0 Å². The first kappa shape index (κ1) is 19.4. The van der Waals surface area contributed by atoms with Gasteiger partial charge in [0.1, 0.15) is 17.3 Å². The van der Waals surface area contributed by atoms with E-state index in [0.29, 0.717) is 0 Å². The Morgan fingerprint density at radius 3 is 1.21 bits per heavy atom. The maximum atomic E-state index is 2.34. The van der Waals surface area contributed by atoms with Gasteiger partial charge in [-0.1, -0.05) is 65.7 Å². The Hall–Kier alpha value is 0.350. The van der Waals surface area contributed by atoms with Crippen molar-refractivity contribution in [2.75, 3.05) is 17.3 Å². The fourth-order valence-corrected chi connectivity index (χ4v) is 5.01. The van der Waals surface area contributed by atoms with Crippen molar-refractivity contribution in [1.29, 1.82) is 0 Å². The van der Waals surface area contributed by atoms with Crippen LogP contribution in [0.4, 0.5) is 0 Å². The standard InChI is InChI=1S/C18H39S/c1-4-7-10-12-14-17-19(16-9-6-3)18-15-13-11-8-5-2/h4-18H2,1-3H3/q+1. The molecule has 0 spiro atoms. The predicted molar refractivity (Wildman–Crippen MR) is 94.4 cm³/mol. The van der Waals surface area contributed by atoms with Gasteiger partial charge >= 0.3 is 0 Å². The third-order valence-corrected chi connectivity index (χ3v) is 6.46. The third kappa shape index (κ3) is 14.6. The number of hydrogen-bond donors (Lipinski definition) is 0. The zero-order chi connectivity index (χ0) is 14.2. The minimum Gasteiger partial charge on any atom is -0.0654 e. The Morgan fingerprint density at radius 1 is 0.421 bits per heavy atom. The van der Waals surface area contributed by atoms with E-state index in [9.17, 15) is 0 Å². The lowest BCUT2D eigenvalue weighted by Crippen LogP contribution is -2.16. The van der Waals surface area contributed by atoms with Crippen molar-refractivity contribution >= 4 is 10.9 Å². The van der Waals surface area contributed by atoms with Crippen LogP contribution in [-0.4, -0.2) is 17.3 Å². The zero-order valence-electron chi connectivity index (χ0n) is 14.0. The van der Waals surface area contributed by atoms with Gasteiger partial charge in [0.05, 0.1) is 0 Å². The van der Waals surface area contributed by atoms with Crippen LogP contribution in [-0.2, 0) is 10.9 Å². The molecule has 1 heteroatoms. The van der Waals surface area contributed by atoms with Gasteiger partial charge < -0.3 is 0 Å². The van der Waals surface area contributed by atoms with Gasteiger partial charge in [-0.25, -0.2) is 0 Å². The van der Waals surface area contributed by atoms with E-state index in [-0.39, 0.29) is 0 Å². The van der Waals surface area contributed by atoms with Gasteiger partial charge in [0.15, 0.2) is 0 Å². The summed E-state index contributed by atoms with van der Waals surface area (Å²) in [5.74, 6) is 4.60. The average molecular weight is 288 g/mol. The van der Waals surface area contributed by atoms with Crippen LogP contribution in [0.3, 0.4) is 0 Å². The van der Waals surface area contributed by atoms with E-state index in [1.54, 1.807) is 0 Å². The van der Waals surface area contributed by atoms with E-state index in [1.807, 2.05) is 0 Å². The van der Waals surface area contributed by atoms with Crippen LogP contribution in [0.1, 0.15) is 97.8 Å². The van der Waals surface area contributed by atoms with Gasteiger partial charge in [-0.15, -0.1) is 0 Å².